The van der Waals surface area contributed by atoms with Crippen molar-refractivity contribution >= 4 is 29.2 Å². The van der Waals surface area contributed by atoms with Gasteiger partial charge in [-0.25, -0.2) is 0 Å². The van der Waals surface area contributed by atoms with Crippen LogP contribution in [0.15, 0.2) is 0 Å². The van der Waals surface area contributed by atoms with Gasteiger partial charge < -0.3 is 5.73 Å². The van der Waals surface area contributed by atoms with E-state index < -0.39 is 5.91 Å². The second kappa shape index (κ2) is 2.41. The van der Waals surface area contributed by atoms with Crippen molar-refractivity contribution in [3.05, 3.63) is 0 Å². The van der Waals surface area contributed by atoms with Gasteiger partial charge in [0.25, 0.3) is 5.91 Å². The summed E-state index contributed by atoms with van der Waals surface area (Å²) >= 11 is 4.20. The Labute approximate surface area is 46.0 Å². The van der Waals surface area contributed by atoms with Gasteiger partial charge in [-0.2, -0.15) is 0 Å². The zero-order valence-electron chi connectivity index (χ0n) is 3.47. The van der Waals surface area contributed by atoms with Crippen molar-refractivity contribution in [3.8, 4) is 0 Å². The average Bonchev–Trinajstić information content (AvgIpc) is 1.65. The van der Waals surface area contributed by atoms with Crippen LogP contribution in [0, 0.1) is 5.41 Å². The van der Waals surface area contributed by atoms with Gasteiger partial charge >= 0.3 is 0 Å². The Morgan fingerprint density at radius 3 is 2.29 bits per heavy atom. The monoisotopic (exact) mass is 116 g/mol. The molecule has 0 aliphatic heterocycles. The molecule has 0 aromatic carbocycles. The molecule has 0 atom stereocenters. The van der Waals surface area contributed by atoms with E-state index in [1.165, 1.54) is 0 Å². The molecule has 4 heteroatoms. The lowest BCUT2D eigenvalue weighted by molar-refractivity contribution is -0.111. The van der Waals surface area contributed by atoms with Crippen LogP contribution in [-0.2, 0) is 4.79 Å². The zero-order chi connectivity index (χ0) is 5.86. The highest BCUT2D eigenvalue weighted by Gasteiger charge is 1.94. The molecular formula is C3H4N2OS. The molecule has 1 amide bonds. The first kappa shape index (κ1) is 6.23. The van der Waals surface area contributed by atoms with E-state index >= 15 is 0 Å². The maximum atomic E-state index is 9.83. The van der Waals surface area contributed by atoms with Crippen LogP contribution in [0.2, 0.25) is 0 Å². The zero-order valence-corrected chi connectivity index (χ0v) is 4.29. The first-order valence-electron chi connectivity index (χ1n) is 1.52. The second-order valence-electron chi connectivity index (χ2n) is 0.896. The van der Waals surface area contributed by atoms with Gasteiger partial charge in [-0.3, -0.25) is 10.2 Å². The first-order chi connectivity index (χ1) is 3.18. The molecule has 0 aromatic rings. The normalized spacial score (nSPS) is 7.43. The molecule has 0 aliphatic carbocycles. The minimum absolute atomic E-state index is 0.324. The summed E-state index contributed by atoms with van der Waals surface area (Å²) in [6.45, 7) is 0. The summed E-state index contributed by atoms with van der Waals surface area (Å²) in [7, 11) is 0. The number of primary amides is 1. The van der Waals surface area contributed by atoms with Crippen molar-refractivity contribution in [1.29, 1.82) is 5.41 Å². The number of nitrogens with one attached hydrogen (secondary N) is 1. The summed E-state index contributed by atoms with van der Waals surface area (Å²) < 4.78 is 0. The van der Waals surface area contributed by atoms with E-state index in [2.05, 4.69) is 18.0 Å². The third-order valence-electron chi connectivity index (χ3n) is 0.383. The fourth-order valence-corrected chi connectivity index (χ4v) is 0.174. The molecular weight excluding hydrogens is 112 g/mol. The van der Waals surface area contributed by atoms with Crippen LogP contribution in [0.1, 0.15) is 0 Å². The fourth-order valence-electron chi connectivity index (χ4n) is 0.0581. The Balaban J connectivity index is 3.81. The van der Waals surface area contributed by atoms with Crippen molar-refractivity contribution in [2.75, 3.05) is 0 Å². The summed E-state index contributed by atoms with van der Waals surface area (Å²) in [5.41, 5.74) is 4.26. The standard InChI is InChI=1S/C3H4N2OS/c4-2(1-7)3(5)6/h1,4H,(H2,5,6). The lowest BCUT2D eigenvalue weighted by atomic mass is 10.4. The Hall–Kier alpha value is -0.770. The van der Waals surface area contributed by atoms with Crippen molar-refractivity contribution in [2.45, 2.75) is 0 Å². The lowest BCUT2D eigenvalue weighted by Gasteiger charge is -1.80. The molecule has 3 nitrogen and oxygen atoms in total. The Morgan fingerprint density at radius 2 is 2.29 bits per heavy atom. The minimum atomic E-state index is -0.782. The number of amides is 1. The van der Waals surface area contributed by atoms with Crippen LogP contribution >= 0.6 is 12.2 Å². The Bertz CT molecular complexity index is 120. The minimum Gasteiger partial charge on any atom is -0.364 e. The largest absolute Gasteiger partial charge is 0.364 e. The summed E-state index contributed by atoms with van der Waals surface area (Å²) in [5, 5.41) is 7.49. The molecule has 0 heterocycles. The summed E-state index contributed by atoms with van der Waals surface area (Å²) in [4.78, 5) is 9.83. The number of nitrogens with two attached hydrogens (primary N) is 1. The molecule has 0 fully saturated rings. The second-order valence-corrected chi connectivity index (χ2v) is 1.13. The van der Waals surface area contributed by atoms with Crippen molar-refractivity contribution in [2.24, 2.45) is 5.73 Å². The van der Waals surface area contributed by atoms with Crippen LogP contribution in [0.3, 0.4) is 0 Å². The van der Waals surface area contributed by atoms with E-state index in [9.17, 15) is 4.79 Å². The van der Waals surface area contributed by atoms with Crippen molar-refractivity contribution in [3.63, 3.8) is 0 Å². The van der Waals surface area contributed by atoms with Gasteiger partial charge in [0, 0.05) is 5.37 Å². The molecule has 0 radical (unpaired) electrons. The number of carbonyl (C=O) groups excluding carboxylic acids is 1. The SMILES string of the molecule is N=C(C=S)C(N)=O. The summed E-state index contributed by atoms with van der Waals surface area (Å²) in [5.74, 6) is -0.782. The molecule has 0 aromatic heterocycles. The predicted molar refractivity (Wildman–Crippen MR) is 30.6 cm³/mol. The highest BCUT2D eigenvalue weighted by Crippen LogP contribution is 1.61. The molecule has 0 bridgehead atoms. The molecule has 3 N–H and O–H groups in total. The van der Waals surface area contributed by atoms with E-state index in [0.717, 1.165) is 5.37 Å². The summed E-state index contributed by atoms with van der Waals surface area (Å²) in [6, 6.07) is 0. The quantitative estimate of drug-likeness (QED) is 0.377. The van der Waals surface area contributed by atoms with E-state index in [1.807, 2.05) is 0 Å². The first-order valence-corrected chi connectivity index (χ1v) is 1.99. The molecule has 0 rings (SSSR count). The van der Waals surface area contributed by atoms with Crippen LogP contribution in [0.25, 0.3) is 0 Å². The smallest absolute Gasteiger partial charge is 0.267 e. The molecule has 7 heavy (non-hydrogen) atoms. The third-order valence-corrected chi connectivity index (χ3v) is 0.619. The van der Waals surface area contributed by atoms with Gasteiger partial charge in [-0.1, -0.05) is 12.2 Å². The van der Waals surface area contributed by atoms with Crippen LogP contribution < -0.4 is 5.73 Å². The van der Waals surface area contributed by atoms with Crippen LogP contribution in [-0.4, -0.2) is 17.0 Å². The van der Waals surface area contributed by atoms with E-state index in [0.29, 0.717) is 0 Å². The molecule has 38 valence electrons. The van der Waals surface area contributed by atoms with Crippen molar-refractivity contribution in [1.82, 2.24) is 0 Å². The molecule has 0 unspecified atom stereocenters. The number of rotatable bonds is 2. The maximum absolute atomic E-state index is 9.83. The highest BCUT2D eigenvalue weighted by molar-refractivity contribution is 7.80. The van der Waals surface area contributed by atoms with Gasteiger partial charge in [0.15, 0.2) is 0 Å². The molecule has 0 spiro atoms. The van der Waals surface area contributed by atoms with Gasteiger partial charge in [-0.15, -0.1) is 0 Å². The predicted octanol–water partition coefficient (Wildman–Crippen LogP) is -0.509. The van der Waals surface area contributed by atoms with Crippen LogP contribution in [0.5, 0.6) is 0 Å². The van der Waals surface area contributed by atoms with Gasteiger partial charge in [0.1, 0.15) is 5.71 Å². The van der Waals surface area contributed by atoms with Gasteiger partial charge in [0.05, 0.1) is 0 Å². The fraction of sp³-hybridized carbons (Fsp3) is 0. The van der Waals surface area contributed by atoms with Crippen LogP contribution in [0.4, 0.5) is 0 Å². The number of carbonyl (C=O) groups is 1. The molecule has 0 saturated heterocycles. The molecule has 0 aliphatic rings. The Morgan fingerprint density at radius 1 is 1.86 bits per heavy atom. The maximum Gasteiger partial charge on any atom is 0.267 e. The van der Waals surface area contributed by atoms with Gasteiger partial charge in [0.2, 0.25) is 0 Å². The summed E-state index contributed by atoms with van der Waals surface area (Å²) in [6.07, 6.45) is 0. The van der Waals surface area contributed by atoms with E-state index in [1.54, 1.807) is 0 Å². The van der Waals surface area contributed by atoms with Gasteiger partial charge in [-0.05, 0) is 0 Å². The number of hydrogen-bond donors (Lipinski definition) is 2. The Kier molecular flexibility index (Phi) is 2.15. The molecule has 0 saturated carbocycles. The third kappa shape index (κ3) is 1.99. The number of hydrogen-bond acceptors (Lipinski definition) is 3. The lowest BCUT2D eigenvalue weighted by Crippen LogP contribution is -2.22. The van der Waals surface area contributed by atoms with E-state index in [-0.39, 0.29) is 5.71 Å². The number of thiocarbonyl (C=S) groups is 1. The highest BCUT2D eigenvalue weighted by atomic mass is 32.1. The average molecular weight is 116 g/mol. The van der Waals surface area contributed by atoms with E-state index in [4.69, 9.17) is 5.41 Å². The van der Waals surface area contributed by atoms with Crippen molar-refractivity contribution < 1.29 is 4.79 Å². The topological polar surface area (TPSA) is 66.9 Å².